The van der Waals surface area contributed by atoms with Crippen LogP contribution in [-0.4, -0.2) is 70.0 Å². The second-order valence-corrected chi connectivity index (χ2v) is 11.5. The van der Waals surface area contributed by atoms with E-state index in [1.807, 2.05) is 18.7 Å². The molecule has 2 atom stereocenters. The van der Waals surface area contributed by atoms with Crippen LogP contribution in [-0.2, 0) is 14.8 Å². The summed E-state index contributed by atoms with van der Waals surface area (Å²) in [5.74, 6) is 1.57. The zero-order valence-corrected chi connectivity index (χ0v) is 20.7. The van der Waals surface area contributed by atoms with Crippen LogP contribution in [0.1, 0.15) is 46.5 Å². The van der Waals surface area contributed by atoms with Crippen molar-refractivity contribution in [1.82, 2.24) is 14.5 Å². The fraction of sp³-hybridized carbons (Fsp3) is 0.708. The molecule has 1 N–H and O–H groups in total. The van der Waals surface area contributed by atoms with Crippen LogP contribution in [0.15, 0.2) is 29.2 Å². The van der Waals surface area contributed by atoms with Crippen molar-refractivity contribution >= 4 is 15.9 Å². The van der Waals surface area contributed by atoms with Gasteiger partial charge < -0.3 is 14.5 Å². The Balaban J connectivity index is 1.64. The van der Waals surface area contributed by atoms with Crippen molar-refractivity contribution in [2.75, 3.05) is 39.8 Å². The van der Waals surface area contributed by atoms with E-state index in [0.717, 1.165) is 38.4 Å². The number of benzene rings is 1. The number of ether oxygens (including phenoxy) is 1. The summed E-state index contributed by atoms with van der Waals surface area (Å²) in [6.45, 7) is 10.8. The number of carbonyl (C=O) groups excluding carboxylic acids is 1. The normalized spacial score (nSPS) is 22.2. The minimum atomic E-state index is -3.82. The molecule has 7 nitrogen and oxygen atoms in total. The second-order valence-electron chi connectivity index (χ2n) is 9.79. The fourth-order valence-electron chi connectivity index (χ4n) is 4.68. The standard InChI is InChI=1S/C24H39N3O4S/c1-18(2)23(25-32(29,30)22-9-7-21(31-4)8-10-22)24(28)27-13-5-6-20(17-27)16-26-14-11-19(3)12-15-26/h7-10,18-20,23,25H,5-6,11-17H2,1-4H3/t20?,23-/m0/s1. The number of rotatable bonds is 8. The predicted octanol–water partition coefficient (Wildman–Crippen LogP) is 2.97. The molecular formula is C24H39N3O4S. The number of amides is 1. The molecule has 0 spiro atoms. The largest absolute Gasteiger partial charge is 0.497 e. The number of hydrogen-bond donors (Lipinski definition) is 1. The number of hydrogen-bond acceptors (Lipinski definition) is 5. The minimum Gasteiger partial charge on any atom is -0.497 e. The first-order valence-electron chi connectivity index (χ1n) is 11.9. The van der Waals surface area contributed by atoms with E-state index in [1.54, 1.807) is 12.1 Å². The summed E-state index contributed by atoms with van der Waals surface area (Å²) in [4.78, 5) is 17.9. The van der Waals surface area contributed by atoms with Gasteiger partial charge in [0.2, 0.25) is 15.9 Å². The highest BCUT2D eigenvalue weighted by atomic mass is 32.2. The molecule has 2 saturated heterocycles. The minimum absolute atomic E-state index is 0.117. The zero-order valence-electron chi connectivity index (χ0n) is 19.9. The molecule has 2 fully saturated rings. The van der Waals surface area contributed by atoms with Crippen LogP contribution in [0.4, 0.5) is 0 Å². The molecule has 2 heterocycles. The summed E-state index contributed by atoms with van der Waals surface area (Å²) in [6, 6.07) is 5.43. The van der Waals surface area contributed by atoms with Crippen molar-refractivity contribution in [2.45, 2.75) is 57.4 Å². The van der Waals surface area contributed by atoms with Gasteiger partial charge in [-0.05, 0) is 80.8 Å². The Hall–Kier alpha value is -1.64. The van der Waals surface area contributed by atoms with Crippen LogP contribution < -0.4 is 9.46 Å². The van der Waals surface area contributed by atoms with Crippen molar-refractivity contribution in [3.8, 4) is 5.75 Å². The topological polar surface area (TPSA) is 78.9 Å². The average molecular weight is 466 g/mol. The first-order valence-corrected chi connectivity index (χ1v) is 13.4. The highest BCUT2D eigenvalue weighted by Gasteiger charge is 2.34. The van der Waals surface area contributed by atoms with Gasteiger partial charge in [-0.25, -0.2) is 8.42 Å². The highest BCUT2D eigenvalue weighted by Crippen LogP contribution is 2.24. The van der Waals surface area contributed by atoms with Crippen LogP contribution >= 0.6 is 0 Å². The van der Waals surface area contributed by atoms with Gasteiger partial charge in [0.15, 0.2) is 0 Å². The Morgan fingerprint density at radius 1 is 1.12 bits per heavy atom. The summed E-state index contributed by atoms with van der Waals surface area (Å²) >= 11 is 0. The molecule has 2 aliphatic heterocycles. The van der Waals surface area contributed by atoms with E-state index >= 15 is 0 Å². The summed E-state index contributed by atoms with van der Waals surface area (Å²) < 4.78 is 33.7. The van der Waals surface area contributed by atoms with Gasteiger partial charge in [-0.2, -0.15) is 4.72 Å². The molecule has 1 aromatic carbocycles. The number of methoxy groups -OCH3 is 1. The lowest BCUT2D eigenvalue weighted by Gasteiger charge is -2.39. The van der Waals surface area contributed by atoms with E-state index in [-0.39, 0.29) is 16.7 Å². The molecule has 0 aliphatic carbocycles. The first kappa shape index (κ1) is 25.0. The smallest absolute Gasteiger partial charge is 0.241 e. The van der Waals surface area contributed by atoms with Gasteiger partial charge in [0, 0.05) is 19.6 Å². The van der Waals surface area contributed by atoms with E-state index in [1.165, 1.54) is 32.1 Å². The third-order valence-corrected chi connectivity index (χ3v) is 8.26. The van der Waals surface area contributed by atoms with Crippen molar-refractivity contribution in [2.24, 2.45) is 17.8 Å². The quantitative estimate of drug-likeness (QED) is 0.639. The Morgan fingerprint density at radius 2 is 1.78 bits per heavy atom. The fourth-order valence-corrected chi connectivity index (χ4v) is 6.02. The molecule has 3 rings (SSSR count). The van der Waals surface area contributed by atoms with Crippen LogP contribution in [0.5, 0.6) is 5.75 Å². The number of likely N-dealkylation sites (tertiary alicyclic amines) is 2. The van der Waals surface area contributed by atoms with Crippen molar-refractivity contribution < 1.29 is 17.9 Å². The van der Waals surface area contributed by atoms with Gasteiger partial charge >= 0.3 is 0 Å². The van der Waals surface area contributed by atoms with E-state index in [2.05, 4.69) is 16.5 Å². The van der Waals surface area contributed by atoms with Gasteiger partial charge in [-0.15, -0.1) is 0 Å². The Labute approximate surface area is 193 Å². The van der Waals surface area contributed by atoms with Crippen LogP contribution in [0.3, 0.4) is 0 Å². The van der Waals surface area contributed by atoms with Gasteiger partial charge in [-0.1, -0.05) is 20.8 Å². The van der Waals surface area contributed by atoms with E-state index in [4.69, 9.17) is 4.74 Å². The van der Waals surface area contributed by atoms with Crippen molar-refractivity contribution in [3.05, 3.63) is 24.3 Å². The highest BCUT2D eigenvalue weighted by molar-refractivity contribution is 7.89. The summed E-state index contributed by atoms with van der Waals surface area (Å²) in [7, 11) is -2.28. The molecule has 0 aromatic heterocycles. The Kier molecular flexibility index (Phi) is 8.58. The number of piperidine rings is 2. The van der Waals surface area contributed by atoms with Crippen molar-refractivity contribution in [1.29, 1.82) is 0 Å². The maximum absolute atomic E-state index is 13.4. The molecule has 1 aromatic rings. The number of carbonyl (C=O) groups is 1. The first-order chi connectivity index (χ1) is 15.2. The predicted molar refractivity (Wildman–Crippen MR) is 126 cm³/mol. The molecule has 180 valence electrons. The van der Waals surface area contributed by atoms with E-state index in [0.29, 0.717) is 24.8 Å². The number of nitrogens with zero attached hydrogens (tertiary/aromatic N) is 2. The van der Waals surface area contributed by atoms with Gasteiger partial charge in [0.25, 0.3) is 0 Å². The maximum atomic E-state index is 13.4. The molecule has 32 heavy (non-hydrogen) atoms. The molecule has 0 saturated carbocycles. The van der Waals surface area contributed by atoms with Crippen LogP contribution in [0.2, 0.25) is 0 Å². The monoisotopic (exact) mass is 465 g/mol. The molecular weight excluding hydrogens is 426 g/mol. The average Bonchev–Trinajstić information content (AvgIpc) is 2.78. The summed E-state index contributed by atoms with van der Waals surface area (Å²) in [5, 5.41) is 0. The lowest BCUT2D eigenvalue weighted by atomic mass is 9.93. The third kappa shape index (κ3) is 6.45. The molecule has 1 amide bonds. The Morgan fingerprint density at radius 3 is 2.38 bits per heavy atom. The lowest BCUT2D eigenvalue weighted by molar-refractivity contribution is -0.136. The van der Waals surface area contributed by atoms with Gasteiger partial charge in [-0.3, -0.25) is 4.79 Å². The summed E-state index contributed by atoms with van der Waals surface area (Å²) in [5.41, 5.74) is 0. The molecule has 8 heteroatoms. The van der Waals surface area contributed by atoms with Gasteiger partial charge in [0.1, 0.15) is 11.8 Å². The number of sulfonamides is 1. The lowest BCUT2D eigenvalue weighted by Crippen LogP contribution is -2.54. The Bertz CT molecular complexity index is 849. The van der Waals surface area contributed by atoms with Crippen LogP contribution in [0, 0.1) is 17.8 Å². The third-order valence-electron chi connectivity index (χ3n) is 6.81. The van der Waals surface area contributed by atoms with Crippen LogP contribution in [0.25, 0.3) is 0 Å². The molecule has 1 unspecified atom stereocenters. The van der Waals surface area contributed by atoms with Crippen molar-refractivity contribution in [3.63, 3.8) is 0 Å². The molecule has 0 radical (unpaired) electrons. The summed E-state index contributed by atoms with van der Waals surface area (Å²) in [6.07, 6.45) is 4.59. The molecule has 0 bridgehead atoms. The second kappa shape index (κ2) is 11.0. The van der Waals surface area contributed by atoms with E-state index in [9.17, 15) is 13.2 Å². The SMILES string of the molecule is COc1ccc(S(=O)(=O)N[C@H](C(=O)N2CCCC(CN3CCC(C)CC3)C2)C(C)C)cc1. The van der Waals surface area contributed by atoms with Gasteiger partial charge in [0.05, 0.1) is 12.0 Å². The maximum Gasteiger partial charge on any atom is 0.241 e. The van der Waals surface area contributed by atoms with E-state index < -0.39 is 16.1 Å². The molecule has 2 aliphatic rings. The number of nitrogens with one attached hydrogen (secondary N) is 1. The zero-order chi connectivity index (χ0) is 23.3.